The van der Waals surface area contributed by atoms with Crippen LogP contribution in [-0.2, 0) is 6.54 Å². The van der Waals surface area contributed by atoms with Gasteiger partial charge in [0.1, 0.15) is 0 Å². The molecule has 0 saturated heterocycles. The molecule has 19 heavy (non-hydrogen) atoms. The molecule has 7 heteroatoms. The predicted octanol–water partition coefficient (Wildman–Crippen LogP) is 0.916. The van der Waals surface area contributed by atoms with Crippen LogP contribution in [0.25, 0.3) is 11.0 Å². The van der Waals surface area contributed by atoms with Gasteiger partial charge in [0.05, 0.1) is 23.8 Å². The van der Waals surface area contributed by atoms with Crippen LogP contribution in [0.3, 0.4) is 0 Å². The van der Waals surface area contributed by atoms with Crippen LogP contribution >= 0.6 is 0 Å². The molecule has 0 aliphatic carbocycles. The molecular formula is C12H13N7. The van der Waals surface area contributed by atoms with Crippen molar-refractivity contribution in [2.45, 2.75) is 6.54 Å². The molecule has 1 aromatic carbocycles. The van der Waals surface area contributed by atoms with Gasteiger partial charge in [-0.3, -0.25) is 4.68 Å². The number of benzene rings is 1. The zero-order chi connectivity index (χ0) is 13.1. The Balaban J connectivity index is 1.75. The molecule has 3 aromatic rings. The molecule has 96 valence electrons. The number of hydrogen-bond acceptors (Lipinski definition) is 6. The van der Waals surface area contributed by atoms with Crippen molar-refractivity contribution in [3.63, 3.8) is 0 Å². The number of nitrogens with two attached hydrogens (primary N) is 1. The third-order valence-electron chi connectivity index (χ3n) is 2.70. The van der Waals surface area contributed by atoms with Crippen molar-refractivity contribution in [1.82, 2.24) is 25.0 Å². The molecule has 0 aliphatic heterocycles. The minimum atomic E-state index is 0.400. The lowest BCUT2D eigenvalue weighted by atomic mass is 10.3. The van der Waals surface area contributed by atoms with E-state index in [2.05, 4.69) is 25.6 Å². The maximum absolute atomic E-state index is 5.88. The Morgan fingerprint density at radius 1 is 1.16 bits per heavy atom. The van der Waals surface area contributed by atoms with E-state index in [1.54, 1.807) is 17.1 Å². The first kappa shape index (κ1) is 11.4. The third kappa shape index (κ3) is 2.44. The lowest BCUT2D eigenvalue weighted by Gasteiger charge is -2.08. The third-order valence-corrected chi connectivity index (χ3v) is 2.70. The quantitative estimate of drug-likeness (QED) is 0.719. The Hall–Kier alpha value is -2.70. The number of nitrogens with zero attached hydrogens (tertiary/aromatic N) is 5. The molecule has 0 aliphatic rings. The molecule has 2 heterocycles. The monoisotopic (exact) mass is 255 g/mol. The summed E-state index contributed by atoms with van der Waals surface area (Å²) in [6.07, 6.45) is 3.45. The van der Waals surface area contributed by atoms with Gasteiger partial charge in [-0.25, -0.2) is 9.97 Å². The minimum Gasteiger partial charge on any atom is -0.381 e. The minimum absolute atomic E-state index is 0.400. The molecule has 0 atom stereocenters. The van der Waals surface area contributed by atoms with Gasteiger partial charge in [0.2, 0.25) is 0 Å². The van der Waals surface area contributed by atoms with E-state index in [1.807, 2.05) is 24.3 Å². The summed E-state index contributed by atoms with van der Waals surface area (Å²) in [7, 11) is 0. The summed E-state index contributed by atoms with van der Waals surface area (Å²) in [5.74, 6) is 0.996. The highest BCUT2D eigenvalue weighted by atomic mass is 15.4. The topological polar surface area (TPSA) is 94.5 Å². The highest BCUT2D eigenvalue weighted by Gasteiger charge is 2.04. The van der Waals surface area contributed by atoms with E-state index in [1.165, 1.54) is 0 Å². The van der Waals surface area contributed by atoms with Gasteiger partial charge in [0.25, 0.3) is 0 Å². The number of nitrogens with one attached hydrogen (secondary N) is 1. The Morgan fingerprint density at radius 2 is 1.95 bits per heavy atom. The summed E-state index contributed by atoms with van der Waals surface area (Å²) in [6.45, 7) is 1.34. The van der Waals surface area contributed by atoms with E-state index in [9.17, 15) is 0 Å². The van der Waals surface area contributed by atoms with Gasteiger partial charge in [-0.1, -0.05) is 17.3 Å². The van der Waals surface area contributed by atoms with Gasteiger partial charge in [-0.2, -0.15) is 0 Å². The fraction of sp³-hybridized carbons (Fsp3) is 0.167. The molecular weight excluding hydrogens is 242 g/mol. The van der Waals surface area contributed by atoms with Gasteiger partial charge >= 0.3 is 0 Å². The average Bonchev–Trinajstić information content (AvgIpc) is 2.92. The molecule has 3 rings (SSSR count). The summed E-state index contributed by atoms with van der Waals surface area (Å²) in [5, 5.41) is 10.8. The number of hydrogen-bond donors (Lipinski definition) is 2. The summed E-state index contributed by atoms with van der Waals surface area (Å²) in [5.41, 5.74) is 7.49. The molecule has 0 amide bonds. The predicted molar refractivity (Wildman–Crippen MR) is 72.5 cm³/mol. The van der Waals surface area contributed by atoms with Crippen molar-refractivity contribution < 1.29 is 0 Å². The first-order valence-corrected chi connectivity index (χ1v) is 5.93. The number of para-hydroxylation sites is 2. The Kier molecular flexibility index (Phi) is 2.93. The smallest absolute Gasteiger partial charge is 0.169 e. The van der Waals surface area contributed by atoms with Gasteiger partial charge in [0, 0.05) is 12.7 Å². The number of anilines is 2. The number of rotatable bonds is 4. The van der Waals surface area contributed by atoms with E-state index >= 15 is 0 Å². The van der Waals surface area contributed by atoms with E-state index in [0.29, 0.717) is 24.7 Å². The van der Waals surface area contributed by atoms with Crippen LogP contribution in [0.1, 0.15) is 0 Å². The largest absolute Gasteiger partial charge is 0.381 e. The molecule has 0 fully saturated rings. The average molecular weight is 255 g/mol. The van der Waals surface area contributed by atoms with E-state index in [4.69, 9.17) is 5.73 Å². The normalized spacial score (nSPS) is 10.7. The molecule has 0 unspecified atom stereocenters. The fourth-order valence-electron chi connectivity index (χ4n) is 1.78. The lowest BCUT2D eigenvalue weighted by Crippen LogP contribution is -2.13. The second-order valence-corrected chi connectivity index (χ2v) is 4.04. The van der Waals surface area contributed by atoms with Gasteiger partial charge in [-0.15, -0.1) is 5.10 Å². The molecule has 7 nitrogen and oxygen atoms in total. The number of fused-ring (bicyclic) bond motifs is 1. The van der Waals surface area contributed by atoms with E-state index in [-0.39, 0.29) is 0 Å². The zero-order valence-corrected chi connectivity index (χ0v) is 10.2. The maximum Gasteiger partial charge on any atom is 0.169 e. The molecule has 0 bridgehead atoms. The number of aromatic nitrogens is 5. The van der Waals surface area contributed by atoms with Crippen LogP contribution in [0.2, 0.25) is 0 Å². The molecule has 2 aromatic heterocycles. The SMILES string of the molecule is Nc1nc2ccccc2nc1NCCn1ccnn1. The Labute approximate surface area is 109 Å². The Morgan fingerprint density at radius 3 is 2.68 bits per heavy atom. The van der Waals surface area contributed by atoms with Crippen LogP contribution in [0, 0.1) is 0 Å². The fourth-order valence-corrected chi connectivity index (χ4v) is 1.78. The van der Waals surface area contributed by atoms with Crippen molar-refractivity contribution >= 4 is 22.7 Å². The van der Waals surface area contributed by atoms with Crippen molar-refractivity contribution in [1.29, 1.82) is 0 Å². The first-order valence-electron chi connectivity index (χ1n) is 5.93. The van der Waals surface area contributed by atoms with Crippen molar-refractivity contribution in [3.05, 3.63) is 36.7 Å². The van der Waals surface area contributed by atoms with Crippen molar-refractivity contribution in [3.8, 4) is 0 Å². The van der Waals surface area contributed by atoms with E-state index in [0.717, 1.165) is 11.0 Å². The van der Waals surface area contributed by atoms with Crippen LogP contribution < -0.4 is 11.1 Å². The summed E-state index contributed by atoms with van der Waals surface area (Å²) in [6, 6.07) is 7.63. The molecule has 3 N–H and O–H groups in total. The summed E-state index contributed by atoms with van der Waals surface area (Å²) in [4.78, 5) is 8.76. The second-order valence-electron chi connectivity index (χ2n) is 4.04. The summed E-state index contributed by atoms with van der Waals surface area (Å²) >= 11 is 0. The summed E-state index contributed by atoms with van der Waals surface area (Å²) < 4.78 is 1.73. The molecule has 0 spiro atoms. The highest BCUT2D eigenvalue weighted by Crippen LogP contribution is 2.17. The zero-order valence-electron chi connectivity index (χ0n) is 10.2. The highest BCUT2D eigenvalue weighted by molar-refractivity contribution is 5.79. The van der Waals surface area contributed by atoms with Crippen molar-refractivity contribution in [2.24, 2.45) is 0 Å². The standard InChI is InChI=1S/C12H13N7/c13-11-12(14-5-7-19-8-6-15-18-19)17-10-4-2-1-3-9(10)16-11/h1-4,6,8H,5,7H2,(H2,13,16)(H,14,17). The first-order chi connectivity index (χ1) is 9.33. The lowest BCUT2D eigenvalue weighted by molar-refractivity contribution is 0.608. The maximum atomic E-state index is 5.88. The number of nitrogen functional groups attached to an aromatic ring is 1. The van der Waals surface area contributed by atoms with Crippen LogP contribution in [-0.4, -0.2) is 31.5 Å². The van der Waals surface area contributed by atoms with Crippen LogP contribution in [0.5, 0.6) is 0 Å². The molecule has 0 saturated carbocycles. The van der Waals surface area contributed by atoms with Gasteiger partial charge < -0.3 is 11.1 Å². The van der Waals surface area contributed by atoms with Crippen LogP contribution in [0.15, 0.2) is 36.7 Å². The second kappa shape index (κ2) is 4.89. The van der Waals surface area contributed by atoms with Crippen molar-refractivity contribution in [2.75, 3.05) is 17.6 Å². The Bertz CT molecular complexity index is 678. The van der Waals surface area contributed by atoms with Gasteiger partial charge in [0.15, 0.2) is 11.6 Å². The van der Waals surface area contributed by atoms with Gasteiger partial charge in [-0.05, 0) is 12.1 Å². The molecule has 0 radical (unpaired) electrons. The van der Waals surface area contributed by atoms with E-state index < -0.39 is 0 Å². The van der Waals surface area contributed by atoms with Crippen LogP contribution in [0.4, 0.5) is 11.6 Å².